The summed E-state index contributed by atoms with van der Waals surface area (Å²) in [5.74, 6) is 0. The highest BCUT2D eigenvalue weighted by atomic mass is 32.1. The van der Waals surface area contributed by atoms with Crippen LogP contribution in [0.25, 0.3) is 0 Å². The van der Waals surface area contributed by atoms with Crippen LogP contribution in [0.1, 0.15) is 34.1 Å². The Kier molecular flexibility index (Phi) is 5.17. The highest BCUT2D eigenvalue weighted by molar-refractivity contribution is 7.11. The van der Waals surface area contributed by atoms with Crippen LogP contribution < -0.4 is 5.32 Å². The molecule has 2 aromatic rings. The van der Waals surface area contributed by atoms with Gasteiger partial charge in [0.15, 0.2) is 5.01 Å². The normalized spacial score (nSPS) is 13.6. The van der Waals surface area contributed by atoms with Gasteiger partial charge in [-0.3, -0.25) is 0 Å². The molecule has 7 heteroatoms. The fraction of sp³-hybridized carbons (Fsp3) is 0.462. The van der Waals surface area contributed by atoms with Crippen molar-refractivity contribution in [2.45, 2.75) is 32.0 Å². The van der Waals surface area contributed by atoms with Crippen LogP contribution in [-0.4, -0.2) is 11.5 Å². The molecule has 1 N–H and O–H groups in total. The SMILES string of the molecule is CCCNC(Cc1cccs1)c1cnc(C(F)(F)F)s1. The molecular weight excluding hydrogens is 305 g/mol. The lowest BCUT2D eigenvalue weighted by molar-refractivity contribution is -0.137. The summed E-state index contributed by atoms with van der Waals surface area (Å²) < 4.78 is 37.9. The molecule has 0 spiro atoms. The summed E-state index contributed by atoms with van der Waals surface area (Å²) in [6.45, 7) is 2.80. The lowest BCUT2D eigenvalue weighted by Crippen LogP contribution is -2.23. The molecule has 2 rings (SSSR count). The van der Waals surface area contributed by atoms with Gasteiger partial charge in [0.25, 0.3) is 0 Å². The van der Waals surface area contributed by atoms with E-state index in [1.54, 1.807) is 11.3 Å². The summed E-state index contributed by atoms with van der Waals surface area (Å²) in [6.07, 6.45) is -1.39. The maximum absolute atomic E-state index is 12.6. The highest BCUT2D eigenvalue weighted by Crippen LogP contribution is 2.35. The van der Waals surface area contributed by atoms with Crippen molar-refractivity contribution in [1.29, 1.82) is 0 Å². The van der Waals surface area contributed by atoms with Gasteiger partial charge in [-0.25, -0.2) is 4.98 Å². The minimum absolute atomic E-state index is 0.109. The third-order valence-corrected chi connectivity index (χ3v) is 4.79. The van der Waals surface area contributed by atoms with Gasteiger partial charge in [-0.05, 0) is 24.4 Å². The quantitative estimate of drug-likeness (QED) is 0.847. The van der Waals surface area contributed by atoms with E-state index >= 15 is 0 Å². The Hall–Kier alpha value is -0.920. The second-order valence-electron chi connectivity index (χ2n) is 4.36. The summed E-state index contributed by atoms with van der Waals surface area (Å²) >= 11 is 2.34. The number of halogens is 3. The fourth-order valence-corrected chi connectivity index (χ4v) is 3.41. The molecule has 0 amide bonds. The van der Waals surface area contributed by atoms with Gasteiger partial charge >= 0.3 is 6.18 Å². The first-order valence-electron chi connectivity index (χ1n) is 6.29. The third kappa shape index (κ3) is 4.04. The molecule has 0 radical (unpaired) electrons. The predicted molar refractivity (Wildman–Crippen MR) is 76.2 cm³/mol. The van der Waals surface area contributed by atoms with E-state index in [2.05, 4.69) is 10.3 Å². The number of hydrogen-bond donors (Lipinski definition) is 1. The Labute approximate surface area is 123 Å². The zero-order valence-electron chi connectivity index (χ0n) is 10.9. The van der Waals surface area contributed by atoms with Crippen LogP contribution >= 0.6 is 22.7 Å². The van der Waals surface area contributed by atoms with E-state index in [0.29, 0.717) is 11.3 Å². The first-order valence-corrected chi connectivity index (χ1v) is 7.99. The topological polar surface area (TPSA) is 24.9 Å². The Morgan fingerprint density at radius 1 is 1.40 bits per heavy atom. The van der Waals surface area contributed by atoms with Crippen molar-refractivity contribution in [3.8, 4) is 0 Å². The van der Waals surface area contributed by atoms with Crippen LogP contribution in [0.15, 0.2) is 23.7 Å². The molecule has 110 valence electrons. The van der Waals surface area contributed by atoms with Gasteiger partial charge in [0.2, 0.25) is 0 Å². The number of nitrogens with zero attached hydrogens (tertiary/aromatic N) is 1. The van der Waals surface area contributed by atoms with Crippen molar-refractivity contribution in [3.05, 3.63) is 38.5 Å². The van der Waals surface area contributed by atoms with Crippen LogP contribution in [-0.2, 0) is 12.6 Å². The molecule has 2 nitrogen and oxygen atoms in total. The summed E-state index contributed by atoms with van der Waals surface area (Å²) in [4.78, 5) is 5.29. The van der Waals surface area contributed by atoms with Crippen molar-refractivity contribution in [2.24, 2.45) is 0 Å². The van der Waals surface area contributed by atoms with Crippen molar-refractivity contribution in [1.82, 2.24) is 10.3 Å². The van der Waals surface area contributed by atoms with E-state index in [9.17, 15) is 13.2 Å². The number of thiophene rings is 1. The van der Waals surface area contributed by atoms with Gasteiger partial charge in [0, 0.05) is 28.4 Å². The summed E-state index contributed by atoms with van der Waals surface area (Å²) in [5, 5.41) is 4.49. The van der Waals surface area contributed by atoms with Crippen LogP contribution in [0.2, 0.25) is 0 Å². The zero-order chi connectivity index (χ0) is 14.6. The van der Waals surface area contributed by atoms with Gasteiger partial charge in [-0.2, -0.15) is 13.2 Å². The number of alkyl halides is 3. The third-order valence-electron chi connectivity index (χ3n) is 2.74. The molecule has 20 heavy (non-hydrogen) atoms. The highest BCUT2D eigenvalue weighted by Gasteiger charge is 2.35. The molecule has 1 atom stereocenters. The first kappa shape index (κ1) is 15.5. The largest absolute Gasteiger partial charge is 0.443 e. The average molecular weight is 320 g/mol. The fourth-order valence-electron chi connectivity index (χ4n) is 1.80. The van der Waals surface area contributed by atoms with E-state index in [0.717, 1.165) is 29.2 Å². The molecule has 0 aliphatic rings. The Morgan fingerprint density at radius 2 is 2.20 bits per heavy atom. The molecule has 0 aliphatic heterocycles. The van der Waals surface area contributed by atoms with E-state index in [1.165, 1.54) is 6.20 Å². The van der Waals surface area contributed by atoms with Crippen LogP contribution in [0.3, 0.4) is 0 Å². The second kappa shape index (κ2) is 6.69. The lowest BCUT2D eigenvalue weighted by atomic mass is 10.1. The van der Waals surface area contributed by atoms with Crippen LogP contribution in [0.5, 0.6) is 0 Å². The molecule has 1 unspecified atom stereocenters. The van der Waals surface area contributed by atoms with E-state index in [4.69, 9.17) is 0 Å². The first-order chi connectivity index (χ1) is 9.50. The molecule has 0 saturated heterocycles. The van der Waals surface area contributed by atoms with Crippen molar-refractivity contribution in [2.75, 3.05) is 6.54 Å². The van der Waals surface area contributed by atoms with Crippen molar-refractivity contribution < 1.29 is 13.2 Å². The van der Waals surface area contributed by atoms with Gasteiger partial charge in [-0.1, -0.05) is 13.0 Å². The molecule has 0 aromatic carbocycles. The number of aromatic nitrogens is 1. The maximum Gasteiger partial charge on any atom is 0.443 e. The number of hydrogen-bond acceptors (Lipinski definition) is 4. The molecule has 0 bridgehead atoms. The molecule has 2 heterocycles. The molecule has 2 aromatic heterocycles. The van der Waals surface area contributed by atoms with Gasteiger partial charge in [0.1, 0.15) is 0 Å². The van der Waals surface area contributed by atoms with Crippen molar-refractivity contribution >= 4 is 22.7 Å². The minimum atomic E-state index is -4.36. The second-order valence-corrected chi connectivity index (χ2v) is 6.45. The van der Waals surface area contributed by atoms with Gasteiger partial charge in [-0.15, -0.1) is 22.7 Å². The van der Waals surface area contributed by atoms with Crippen molar-refractivity contribution in [3.63, 3.8) is 0 Å². The standard InChI is InChI=1S/C13H15F3N2S2/c1-2-5-17-10(7-9-4-3-6-19-9)11-8-18-12(20-11)13(14,15)16/h3-4,6,8,10,17H,2,5,7H2,1H3. The Bertz CT molecular complexity index is 520. The smallest absolute Gasteiger partial charge is 0.309 e. The van der Waals surface area contributed by atoms with E-state index in [-0.39, 0.29) is 6.04 Å². The van der Waals surface area contributed by atoms with Gasteiger partial charge in [0.05, 0.1) is 0 Å². The minimum Gasteiger partial charge on any atom is -0.309 e. The van der Waals surface area contributed by atoms with Gasteiger partial charge < -0.3 is 5.32 Å². The summed E-state index contributed by atoms with van der Waals surface area (Å²) in [7, 11) is 0. The van der Waals surface area contributed by atoms with E-state index < -0.39 is 11.2 Å². The summed E-state index contributed by atoms with van der Waals surface area (Å²) in [6, 6.07) is 3.84. The van der Waals surface area contributed by atoms with Crippen LogP contribution in [0, 0.1) is 0 Å². The number of rotatable bonds is 6. The lowest BCUT2D eigenvalue weighted by Gasteiger charge is -2.15. The Morgan fingerprint density at radius 3 is 2.75 bits per heavy atom. The molecule has 0 saturated carbocycles. The number of nitrogens with one attached hydrogen (secondary N) is 1. The monoisotopic (exact) mass is 320 g/mol. The summed E-state index contributed by atoms with van der Waals surface area (Å²) in [5.41, 5.74) is 0. The zero-order valence-corrected chi connectivity index (χ0v) is 12.5. The van der Waals surface area contributed by atoms with E-state index in [1.807, 2.05) is 24.4 Å². The Balaban J connectivity index is 2.15. The maximum atomic E-state index is 12.6. The molecular formula is C13H15F3N2S2. The number of thiazole rings is 1. The molecule has 0 fully saturated rings. The average Bonchev–Trinajstić information content (AvgIpc) is 3.04. The molecule has 0 aliphatic carbocycles. The predicted octanol–water partition coefficient (Wildman–Crippen LogP) is 4.51. The van der Waals surface area contributed by atoms with Crippen LogP contribution in [0.4, 0.5) is 13.2 Å².